The first kappa shape index (κ1) is 55.9. The summed E-state index contributed by atoms with van der Waals surface area (Å²) in [5.41, 5.74) is 0. The summed E-state index contributed by atoms with van der Waals surface area (Å²) in [6.45, 7) is 14.5. The molecule has 0 saturated heterocycles. The highest BCUT2D eigenvalue weighted by molar-refractivity contribution is 5.67. The van der Waals surface area contributed by atoms with E-state index in [0.717, 1.165) is 13.0 Å². The second-order valence-electron chi connectivity index (χ2n) is 13.4. The zero-order valence-corrected chi connectivity index (χ0v) is 35.9. The first-order chi connectivity index (χ1) is 28.3. The fourth-order valence-corrected chi connectivity index (χ4v) is 5.20. The van der Waals surface area contributed by atoms with Crippen molar-refractivity contribution in [3.63, 3.8) is 0 Å². The van der Waals surface area contributed by atoms with Crippen LogP contribution in [0.5, 0.6) is 0 Å². The predicted molar refractivity (Wildman–Crippen MR) is 219 cm³/mol. The van der Waals surface area contributed by atoms with Crippen molar-refractivity contribution in [2.75, 3.05) is 172 Å². The van der Waals surface area contributed by atoms with Gasteiger partial charge in [0.2, 0.25) is 0 Å². The third-order valence-corrected chi connectivity index (χ3v) is 8.33. The lowest BCUT2D eigenvalue weighted by molar-refractivity contribution is -0.142. The molecule has 342 valence electrons. The highest BCUT2D eigenvalue weighted by Gasteiger charge is 1.99. The van der Waals surface area contributed by atoms with Gasteiger partial charge in [0.15, 0.2) is 0 Å². The molecule has 0 amide bonds. The molecule has 0 unspecified atom stereocenters. The molecule has 0 aliphatic heterocycles. The van der Waals surface area contributed by atoms with E-state index in [0.29, 0.717) is 152 Å². The maximum absolute atomic E-state index is 10.3. The fraction of sp³-hybridized carbons (Fsp3) is 0.976. The SMILES string of the molecule is CCCCCCCCCCCCCCCCOCCOCCOCCOCCOCCOCCOCCOCCOCCOCCOCCOCCOCC(=O)O. The number of carboxylic acids is 1. The highest BCUT2D eigenvalue weighted by atomic mass is 16.6. The summed E-state index contributed by atoms with van der Waals surface area (Å²) in [5, 5.41) is 8.44. The van der Waals surface area contributed by atoms with E-state index in [-0.39, 0.29) is 13.2 Å². The van der Waals surface area contributed by atoms with E-state index >= 15 is 0 Å². The lowest BCUT2D eigenvalue weighted by Crippen LogP contribution is -2.15. The first-order valence-corrected chi connectivity index (χ1v) is 22.0. The minimum Gasteiger partial charge on any atom is -0.480 e. The molecule has 0 aromatic rings. The highest BCUT2D eigenvalue weighted by Crippen LogP contribution is 2.13. The normalized spacial score (nSPS) is 11.6. The average molecular weight is 829 g/mol. The average Bonchev–Trinajstić information content (AvgIpc) is 3.21. The Hall–Kier alpha value is -1.05. The molecule has 0 rings (SSSR count). The van der Waals surface area contributed by atoms with Gasteiger partial charge in [-0.1, -0.05) is 90.4 Å². The minimum atomic E-state index is -0.995. The van der Waals surface area contributed by atoms with Crippen LogP contribution in [0, 0.1) is 0 Å². The third kappa shape index (κ3) is 55.0. The number of rotatable bonds is 53. The molecule has 0 saturated carbocycles. The van der Waals surface area contributed by atoms with Crippen LogP contribution in [-0.2, 0) is 66.4 Å². The fourth-order valence-electron chi connectivity index (χ4n) is 5.20. The monoisotopic (exact) mass is 829 g/mol. The Morgan fingerprint density at radius 1 is 0.263 bits per heavy atom. The molecular weight excluding hydrogens is 744 g/mol. The van der Waals surface area contributed by atoms with Crippen LogP contribution in [0.25, 0.3) is 0 Å². The lowest BCUT2D eigenvalue weighted by atomic mass is 10.0. The minimum absolute atomic E-state index is 0.242. The van der Waals surface area contributed by atoms with E-state index < -0.39 is 5.97 Å². The lowest BCUT2D eigenvalue weighted by Gasteiger charge is -2.09. The molecule has 15 heteroatoms. The van der Waals surface area contributed by atoms with Gasteiger partial charge in [0.25, 0.3) is 0 Å². The van der Waals surface area contributed by atoms with Crippen LogP contribution in [0.1, 0.15) is 96.8 Å². The summed E-state index contributed by atoms with van der Waals surface area (Å²) in [5.74, 6) is -0.995. The second kappa shape index (κ2) is 53.0. The summed E-state index contributed by atoms with van der Waals surface area (Å²) >= 11 is 0. The maximum atomic E-state index is 10.3. The molecule has 0 atom stereocenters. The molecule has 0 spiro atoms. The zero-order chi connectivity index (χ0) is 41.1. The van der Waals surface area contributed by atoms with Crippen LogP contribution in [-0.4, -0.2) is 183 Å². The van der Waals surface area contributed by atoms with Gasteiger partial charge >= 0.3 is 5.97 Å². The quantitative estimate of drug-likeness (QED) is 0.0737. The van der Waals surface area contributed by atoms with E-state index in [9.17, 15) is 4.79 Å². The zero-order valence-electron chi connectivity index (χ0n) is 35.9. The molecule has 1 N–H and O–H groups in total. The number of hydrogen-bond donors (Lipinski definition) is 1. The van der Waals surface area contributed by atoms with Gasteiger partial charge < -0.3 is 66.7 Å². The van der Waals surface area contributed by atoms with Crippen molar-refractivity contribution in [1.29, 1.82) is 0 Å². The largest absolute Gasteiger partial charge is 0.480 e. The van der Waals surface area contributed by atoms with Crippen LogP contribution in [0.4, 0.5) is 0 Å². The van der Waals surface area contributed by atoms with Crippen LogP contribution < -0.4 is 0 Å². The number of ether oxygens (including phenoxy) is 13. The number of unbranched alkanes of at least 4 members (excludes halogenated alkanes) is 13. The molecule has 0 radical (unpaired) electrons. The second-order valence-corrected chi connectivity index (χ2v) is 13.4. The Morgan fingerprint density at radius 2 is 0.439 bits per heavy atom. The standard InChI is InChI=1S/C42H84O15/c1-2-3-4-5-6-7-8-9-10-11-12-13-14-15-16-45-17-18-46-19-20-47-21-22-48-23-24-49-25-26-50-27-28-51-29-30-52-31-32-53-33-34-54-35-36-55-37-38-56-39-40-57-41-42(43)44/h2-41H2,1H3,(H,43,44). The van der Waals surface area contributed by atoms with Gasteiger partial charge in [0, 0.05) is 6.61 Å². The Kier molecular flexibility index (Phi) is 52.0. The Labute approximate surface area is 345 Å². The van der Waals surface area contributed by atoms with Crippen molar-refractivity contribution in [2.24, 2.45) is 0 Å². The number of carbonyl (C=O) groups is 1. The van der Waals surface area contributed by atoms with Gasteiger partial charge in [-0.05, 0) is 6.42 Å². The van der Waals surface area contributed by atoms with Gasteiger partial charge in [0.1, 0.15) is 6.61 Å². The predicted octanol–water partition coefficient (Wildman–Crippen LogP) is 5.77. The molecule has 0 bridgehead atoms. The number of aliphatic carboxylic acids is 1. The maximum Gasteiger partial charge on any atom is 0.329 e. The topological polar surface area (TPSA) is 157 Å². The molecular formula is C42H84O15. The van der Waals surface area contributed by atoms with Gasteiger partial charge in [-0.15, -0.1) is 0 Å². The summed E-state index contributed by atoms with van der Waals surface area (Å²) < 4.78 is 70.7. The van der Waals surface area contributed by atoms with Gasteiger partial charge in [-0.25, -0.2) is 4.79 Å². The van der Waals surface area contributed by atoms with Crippen molar-refractivity contribution in [3.8, 4) is 0 Å². The Morgan fingerprint density at radius 3 is 0.649 bits per heavy atom. The van der Waals surface area contributed by atoms with E-state index in [4.69, 9.17) is 66.7 Å². The molecule has 0 fully saturated rings. The van der Waals surface area contributed by atoms with Crippen molar-refractivity contribution in [1.82, 2.24) is 0 Å². The number of carboxylic acid groups (broad SMARTS) is 1. The van der Waals surface area contributed by atoms with Crippen molar-refractivity contribution in [3.05, 3.63) is 0 Å². The van der Waals surface area contributed by atoms with Gasteiger partial charge in [-0.2, -0.15) is 0 Å². The molecule has 0 heterocycles. The van der Waals surface area contributed by atoms with E-state index in [2.05, 4.69) is 6.92 Å². The van der Waals surface area contributed by atoms with E-state index in [1.54, 1.807) is 0 Å². The summed E-state index contributed by atoms with van der Waals surface area (Å²) in [6.07, 6.45) is 19.2. The van der Waals surface area contributed by atoms with Crippen molar-refractivity contribution in [2.45, 2.75) is 96.8 Å². The van der Waals surface area contributed by atoms with Crippen molar-refractivity contribution >= 4 is 5.97 Å². The Bertz CT molecular complexity index is 738. The summed E-state index contributed by atoms with van der Waals surface area (Å²) in [4.78, 5) is 10.3. The Balaban J connectivity index is 3.06. The van der Waals surface area contributed by atoms with Gasteiger partial charge in [-0.3, -0.25) is 0 Å². The molecule has 0 aromatic heterocycles. The third-order valence-electron chi connectivity index (χ3n) is 8.33. The van der Waals surface area contributed by atoms with E-state index in [1.807, 2.05) is 0 Å². The molecule has 57 heavy (non-hydrogen) atoms. The van der Waals surface area contributed by atoms with Crippen molar-refractivity contribution < 1.29 is 71.5 Å². The summed E-state index contributed by atoms with van der Waals surface area (Å²) in [7, 11) is 0. The van der Waals surface area contributed by atoms with Crippen LogP contribution in [0.15, 0.2) is 0 Å². The van der Waals surface area contributed by atoms with Crippen LogP contribution in [0.2, 0.25) is 0 Å². The molecule has 0 aliphatic rings. The molecule has 0 aromatic carbocycles. The number of hydrogen-bond acceptors (Lipinski definition) is 14. The smallest absolute Gasteiger partial charge is 0.329 e. The first-order valence-electron chi connectivity index (χ1n) is 22.0. The van der Waals surface area contributed by atoms with Gasteiger partial charge in [0.05, 0.1) is 159 Å². The van der Waals surface area contributed by atoms with Crippen LogP contribution in [0.3, 0.4) is 0 Å². The molecule has 0 aliphatic carbocycles. The summed E-state index contributed by atoms with van der Waals surface area (Å²) in [6, 6.07) is 0. The molecule has 15 nitrogen and oxygen atoms in total. The van der Waals surface area contributed by atoms with Crippen LogP contribution >= 0.6 is 0 Å². The van der Waals surface area contributed by atoms with E-state index in [1.165, 1.54) is 83.5 Å².